The van der Waals surface area contributed by atoms with E-state index in [-0.39, 0.29) is 18.9 Å². The van der Waals surface area contributed by atoms with Crippen molar-refractivity contribution in [3.63, 3.8) is 0 Å². The molecule has 0 aromatic heterocycles. The summed E-state index contributed by atoms with van der Waals surface area (Å²) in [6.07, 6.45) is 44.5. The monoisotopic (exact) mass is 1090 g/mol. The van der Waals surface area contributed by atoms with Gasteiger partial charge in [-0.05, 0) is 64.2 Å². The maximum atomic E-state index is 13.2. The molecule has 0 spiro atoms. The number of allylic oxidation sites excluding steroid dienone is 7. The molecule has 12 atom stereocenters. The second kappa shape index (κ2) is 48.6. The number of amides is 1. The first-order chi connectivity index (χ1) is 37.6. The van der Waals surface area contributed by atoms with E-state index < -0.39 is 86.8 Å². The van der Waals surface area contributed by atoms with Gasteiger partial charge in [0, 0.05) is 6.42 Å². The van der Waals surface area contributed by atoms with Gasteiger partial charge in [0.05, 0.1) is 32.0 Å². The molecule has 2 aliphatic rings. The van der Waals surface area contributed by atoms with Gasteiger partial charge in [0.2, 0.25) is 5.91 Å². The lowest BCUT2D eigenvalue weighted by molar-refractivity contribution is -0.359. The van der Waals surface area contributed by atoms with Crippen LogP contribution in [0, 0.1) is 0 Å². The molecular formula is C63H115NO13. The van der Waals surface area contributed by atoms with Crippen LogP contribution in [-0.2, 0) is 23.7 Å². The van der Waals surface area contributed by atoms with Crippen LogP contribution in [0.2, 0.25) is 0 Å². The highest BCUT2D eigenvalue weighted by atomic mass is 16.7. The third-order valence-corrected chi connectivity index (χ3v) is 15.2. The van der Waals surface area contributed by atoms with Gasteiger partial charge in [-0.15, -0.1) is 0 Å². The van der Waals surface area contributed by atoms with Crippen molar-refractivity contribution in [3.8, 4) is 0 Å². The molecule has 77 heavy (non-hydrogen) atoms. The average molecular weight is 1090 g/mol. The van der Waals surface area contributed by atoms with Gasteiger partial charge < -0.3 is 65.1 Å². The largest absolute Gasteiger partial charge is 0.394 e. The van der Waals surface area contributed by atoms with Crippen LogP contribution in [0.15, 0.2) is 48.6 Å². The van der Waals surface area contributed by atoms with Crippen LogP contribution in [0.1, 0.15) is 251 Å². The SMILES string of the molecule is CCCCC/C=C\C/C=C\CCCCCCCC(=O)NC(COC1OC(CO)C(OC2OC(CO)C(O)C(O)C2O)C(O)C1O)C(O)/C=C/CC/C=C/CCCCCCCCCCCCCCCCCCCCCCCC. The first kappa shape index (κ1) is 71.1. The number of hydrogen-bond donors (Lipinski definition) is 9. The van der Waals surface area contributed by atoms with Crippen molar-refractivity contribution in [2.45, 2.75) is 325 Å². The van der Waals surface area contributed by atoms with E-state index in [2.05, 4.69) is 55.6 Å². The molecule has 2 saturated heterocycles. The summed E-state index contributed by atoms with van der Waals surface area (Å²) >= 11 is 0. The minimum absolute atomic E-state index is 0.257. The van der Waals surface area contributed by atoms with E-state index >= 15 is 0 Å². The van der Waals surface area contributed by atoms with Crippen LogP contribution in [0.25, 0.3) is 0 Å². The predicted octanol–water partition coefficient (Wildman–Crippen LogP) is 11.2. The highest BCUT2D eigenvalue weighted by molar-refractivity contribution is 5.76. The quantitative estimate of drug-likeness (QED) is 0.0204. The molecule has 12 unspecified atom stereocenters. The molecule has 14 heteroatoms. The number of carbonyl (C=O) groups excluding carboxylic acids is 1. The van der Waals surface area contributed by atoms with E-state index in [1.165, 1.54) is 161 Å². The van der Waals surface area contributed by atoms with Crippen molar-refractivity contribution in [2.24, 2.45) is 0 Å². The van der Waals surface area contributed by atoms with Crippen LogP contribution >= 0.6 is 0 Å². The fraction of sp³-hybridized carbons (Fsp3) is 0.857. The Morgan fingerprint density at radius 3 is 1.38 bits per heavy atom. The van der Waals surface area contributed by atoms with E-state index in [1.54, 1.807) is 6.08 Å². The number of aliphatic hydroxyl groups excluding tert-OH is 8. The zero-order chi connectivity index (χ0) is 56.0. The molecule has 2 fully saturated rings. The van der Waals surface area contributed by atoms with Gasteiger partial charge in [0.15, 0.2) is 12.6 Å². The van der Waals surface area contributed by atoms with Crippen molar-refractivity contribution in [1.29, 1.82) is 0 Å². The van der Waals surface area contributed by atoms with E-state index in [0.29, 0.717) is 12.8 Å². The van der Waals surface area contributed by atoms with E-state index in [0.717, 1.165) is 57.8 Å². The predicted molar refractivity (Wildman–Crippen MR) is 309 cm³/mol. The van der Waals surface area contributed by atoms with Gasteiger partial charge in [-0.3, -0.25) is 4.79 Å². The fourth-order valence-corrected chi connectivity index (χ4v) is 10.2. The molecule has 0 saturated carbocycles. The third-order valence-electron chi connectivity index (χ3n) is 15.2. The maximum absolute atomic E-state index is 13.2. The molecule has 0 aliphatic carbocycles. The van der Waals surface area contributed by atoms with Gasteiger partial charge in [0.1, 0.15) is 48.8 Å². The second-order valence-corrected chi connectivity index (χ2v) is 22.2. The smallest absolute Gasteiger partial charge is 0.220 e. The zero-order valence-corrected chi connectivity index (χ0v) is 48.5. The number of unbranched alkanes of at least 4 members (excludes halogenated alkanes) is 31. The summed E-state index contributed by atoms with van der Waals surface area (Å²) in [4.78, 5) is 13.2. The molecule has 2 aliphatic heterocycles. The van der Waals surface area contributed by atoms with E-state index in [1.807, 2.05) is 6.08 Å². The highest BCUT2D eigenvalue weighted by Crippen LogP contribution is 2.30. The summed E-state index contributed by atoms with van der Waals surface area (Å²) in [5, 5.41) is 87.1. The average Bonchev–Trinajstić information content (AvgIpc) is 3.44. The molecular weight excluding hydrogens is 979 g/mol. The van der Waals surface area contributed by atoms with Gasteiger partial charge in [0.25, 0.3) is 0 Å². The summed E-state index contributed by atoms with van der Waals surface area (Å²) in [5.41, 5.74) is 0. The van der Waals surface area contributed by atoms with Crippen LogP contribution in [0.3, 0.4) is 0 Å². The maximum Gasteiger partial charge on any atom is 0.220 e. The molecule has 2 rings (SSSR count). The molecule has 14 nitrogen and oxygen atoms in total. The summed E-state index contributed by atoms with van der Waals surface area (Å²) in [5.74, 6) is -0.263. The minimum atomic E-state index is -1.79. The molecule has 9 N–H and O–H groups in total. The Morgan fingerprint density at radius 2 is 0.870 bits per heavy atom. The lowest BCUT2D eigenvalue weighted by Crippen LogP contribution is -2.65. The van der Waals surface area contributed by atoms with Crippen molar-refractivity contribution in [1.82, 2.24) is 5.32 Å². The molecule has 0 radical (unpaired) electrons. The highest BCUT2D eigenvalue weighted by Gasteiger charge is 2.51. The fourth-order valence-electron chi connectivity index (χ4n) is 10.2. The van der Waals surface area contributed by atoms with Crippen LogP contribution in [-0.4, -0.2) is 140 Å². The first-order valence-electron chi connectivity index (χ1n) is 31.4. The van der Waals surface area contributed by atoms with Crippen molar-refractivity contribution >= 4 is 5.91 Å². The zero-order valence-electron chi connectivity index (χ0n) is 48.5. The Morgan fingerprint density at radius 1 is 0.468 bits per heavy atom. The van der Waals surface area contributed by atoms with Gasteiger partial charge >= 0.3 is 0 Å². The molecule has 2 heterocycles. The summed E-state index contributed by atoms with van der Waals surface area (Å²) in [6.45, 7) is 2.76. The molecule has 450 valence electrons. The summed E-state index contributed by atoms with van der Waals surface area (Å²) in [6, 6.07) is -0.940. The molecule has 0 aromatic rings. The van der Waals surface area contributed by atoms with Crippen LogP contribution in [0.4, 0.5) is 0 Å². The Bertz CT molecular complexity index is 1480. The number of carbonyl (C=O) groups is 1. The van der Waals surface area contributed by atoms with Crippen molar-refractivity contribution < 1.29 is 64.6 Å². The minimum Gasteiger partial charge on any atom is -0.394 e. The van der Waals surface area contributed by atoms with Gasteiger partial charge in [-0.1, -0.05) is 229 Å². The van der Waals surface area contributed by atoms with Gasteiger partial charge in [-0.25, -0.2) is 0 Å². The molecule has 0 bridgehead atoms. The second-order valence-electron chi connectivity index (χ2n) is 22.2. The van der Waals surface area contributed by atoms with Crippen LogP contribution < -0.4 is 5.32 Å². The number of ether oxygens (including phenoxy) is 4. The Hall–Kier alpha value is -2.05. The number of rotatable bonds is 50. The number of hydrogen-bond acceptors (Lipinski definition) is 13. The Labute approximate surface area is 467 Å². The summed E-state index contributed by atoms with van der Waals surface area (Å²) < 4.78 is 22.8. The van der Waals surface area contributed by atoms with Gasteiger partial charge in [-0.2, -0.15) is 0 Å². The lowest BCUT2D eigenvalue weighted by Gasteiger charge is -2.46. The third kappa shape index (κ3) is 34.1. The topological polar surface area (TPSA) is 228 Å². The van der Waals surface area contributed by atoms with Crippen molar-refractivity contribution in [3.05, 3.63) is 48.6 Å². The first-order valence-corrected chi connectivity index (χ1v) is 31.4. The normalized spacial score (nSPS) is 25.0. The number of aliphatic hydroxyl groups is 8. The van der Waals surface area contributed by atoms with Crippen LogP contribution in [0.5, 0.6) is 0 Å². The van der Waals surface area contributed by atoms with E-state index in [4.69, 9.17) is 18.9 Å². The molecule has 0 aromatic carbocycles. The Balaban J connectivity index is 1.73. The lowest BCUT2D eigenvalue weighted by atomic mass is 9.97. The molecule has 1 amide bonds. The van der Waals surface area contributed by atoms with E-state index in [9.17, 15) is 45.6 Å². The van der Waals surface area contributed by atoms with Crippen molar-refractivity contribution in [2.75, 3.05) is 19.8 Å². The standard InChI is InChI=1S/C63H115NO13/c1-3-5-7-9-11-13-15-17-19-20-21-22-23-24-25-26-27-28-29-30-31-33-34-36-38-40-42-44-46-52(67)51(64-55(68)47-45-43-41-39-37-35-32-18-16-14-12-10-8-6-4-2)50-74-62-60(73)58(71)61(54(49-66)76-62)77-63-59(72)57(70)56(69)53(48-65)75-63/h12,14,18,32,36,38,44,46,51-54,56-63,65-67,69-73H,3-11,13,15-17,19-31,33-35,37,39-43,45,47-50H2,1-2H3,(H,64,68)/b14-12-,32-18-,38-36+,46-44+. The summed E-state index contributed by atoms with van der Waals surface area (Å²) in [7, 11) is 0. The Kier molecular flexibility index (Phi) is 44.9. The number of nitrogens with one attached hydrogen (secondary N) is 1.